The number of hydrogen-bond acceptors (Lipinski definition) is 5. The molecule has 2 aromatic rings. The van der Waals surface area contributed by atoms with Crippen molar-refractivity contribution in [2.75, 3.05) is 0 Å². The minimum Gasteiger partial charge on any atom is -0.377 e. The molecule has 2 N–H and O–H groups in total. The molecule has 7 heteroatoms. The fraction of sp³-hybridized carbons (Fsp3) is 0.389. The van der Waals surface area contributed by atoms with Crippen LogP contribution >= 0.6 is 0 Å². The van der Waals surface area contributed by atoms with Crippen molar-refractivity contribution < 1.29 is 15.0 Å². The van der Waals surface area contributed by atoms with Gasteiger partial charge in [-0.2, -0.15) is 0 Å². The third-order valence-electron chi connectivity index (χ3n) is 5.36. The number of carbonyl (C=O) groups is 1. The maximum Gasteiger partial charge on any atom is 0.253 e. The van der Waals surface area contributed by atoms with Gasteiger partial charge in [-0.15, -0.1) is 0 Å². The maximum absolute atomic E-state index is 13.2. The normalized spacial score (nSPS) is 26.6. The van der Waals surface area contributed by atoms with Crippen LogP contribution in [0.15, 0.2) is 21.7 Å². The Morgan fingerprint density at radius 1 is 0.960 bits per heavy atom. The number of pyridine rings is 2. The van der Waals surface area contributed by atoms with Gasteiger partial charge in [0, 0.05) is 36.7 Å². The van der Waals surface area contributed by atoms with Gasteiger partial charge in [-0.05, 0) is 31.9 Å². The quantitative estimate of drug-likeness (QED) is 0.702. The minimum absolute atomic E-state index is 0.0700. The van der Waals surface area contributed by atoms with E-state index in [4.69, 9.17) is 0 Å². The second-order valence-corrected chi connectivity index (χ2v) is 7.26. The standard InChI is InChI=1S/C18H18N2O5/c1-8-5-10(21)19(4)15-12(8)14(23)13-9(2)6-11(22)20-16(13)18(15,25)7-17(20,3)24/h5-6,24-25H,7H2,1-4H3. The first-order chi connectivity index (χ1) is 11.5. The SMILES string of the molecule is Cc1cc(=O)n(C)c2c1C(=O)c1c(C)cc(=O)n3c1C2(O)CC3(C)O. The molecule has 2 unspecified atom stereocenters. The van der Waals surface area contributed by atoms with Crippen molar-refractivity contribution in [1.82, 2.24) is 9.13 Å². The number of nitrogens with zero attached hydrogens (tertiary/aromatic N) is 2. The Morgan fingerprint density at radius 3 is 2.08 bits per heavy atom. The van der Waals surface area contributed by atoms with E-state index in [9.17, 15) is 24.6 Å². The van der Waals surface area contributed by atoms with E-state index in [-0.39, 0.29) is 40.3 Å². The number of aliphatic hydroxyl groups is 2. The summed E-state index contributed by atoms with van der Waals surface area (Å²) in [6, 6.07) is 2.64. The predicted molar refractivity (Wildman–Crippen MR) is 88.8 cm³/mol. The van der Waals surface area contributed by atoms with Gasteiger partial charge in [0.2, 0.25) is 0 Å². The number of hydrogen-bond donors (Lipinski definition) is 2. The smallest absolute Gasteiger partial charge is 0.253 e. The molecule has 3 heterocycles. The van der Waals surface area contributed by atoms with E-state index >= 15 is 0 Å². The van der Waals surface area contributed by atoms with E-state index < -0.39 is 16.9 Å². The van der Waals surface area contributed by atoms with Gasteiger partial charge in [0.05, 0.1) is 11.4 Å². The van der Waals surface area contributed by atoms with Crippen molar-refractivity contribution in [3.05, 3.63) is 66.5 Å². The van der Waals surface area contributed by atoms with Gasteiger partial charge < -0.3 is 14.8 Å². The molecule has 2 aromatic heterocycles. The van der Waals surface area contributed by atoms with Crippen LogP contribution in [-0.2, 0) is 18.4 Å². The average molecular weight is 342 g/mol. The summed E-state index contributed by atoms with van der Waals surface area (Å²) in [6.07, 6.45) is -0.220. The lowest BCUT2D eigenvalue weighted by atomic mass is 9.76. The van der Waals surface area contributed by atoms with Gasteiger partial charge in [-0.1, -0.05) is 0 Å². The lowest BCUT2D eigenvalue weighted by Crippen LogP contribution is -2.42. The average Bonchev–Trinajstić information content (AvgIpc) is 2.69. The van der Waals surface area contributed by atoms with E-state index in [0.29, 0.717) is 11.1 Å². The molecule has 0 radical (unpaired) electrons. The Kier molecular flexibility index (Phi) is 2.79. The molecule has 1 aliphatic carbocycles. The zero-order chi connectivity index (χ0) is 18.5. The summed E-state index contributed by atoms with van der Waals surface area (Å²) in [6.45, 7) is 4.69. The number of carbonyl (C=O) groups excluding carboxylic acids is 1. The van der Waals surface area contributed by atoms with Crippen LogP contribution in [0.4, 0.5) is 0 Å². The third kappa shape index (κ3) is 1.69. The minimum atomic E-state index is -1.80. The van der Waals surface area contributed by atoms with E-state index in [1.807, 2.05) is 0 Å². The molecule has 2 atom stereocenters. The first kappa shape index (κ1) is 16.0. The highest BCUT2D eigenvalue weighted by atomic mass is 16.3. The molecule has 0 fully saturated rings. The summed E-state index contributed by atoms with van der Waals surface area (Å²) < 4.78 is 2.30. The molecule has 0 aromatic carbocycles. The molecule has 0 saturated heterocycles. The van der Waals surface area contributed by atoms with Gasteiger partial charge in [-0.3, -0.25) is 19.0 Å². The Bertz CT molecular complexity index is 1110. The Balaban J connectivity index is 2.30. The van der Waals surface area contributed by atoms with Crippen LogP contribution < -0.4 is 11.1 Å². The van der Waals surface area contributed by atoms with Gasteiger partial charge in [0.1, 0.15) is 5.72 Å². The number of aryl methyl sites for hydroxylation is 2. The molecule has 0 bridgehead atoms. The molecule has 7 nitrogen and oxygen atoms in total. The zero-order valence-electron chi connectivity index (χ0n) is 14.4. The fourth-order valence-electron chi connectivity index (χ4n) is 4.45. The van der Waals surface area contributed by atoms with E-state index in [0.717, 1.165) is 4.57 Å². The number of aromatic nitrogens is 2. The highest BCUT2D eigenvalue weighted by Crippen LogP contribution is 2.50. The molecule has 0 saturated carbocycles. The first-order valence-electron chi connectivity index (χ1n) is 7.99. The summed E-state index contributed by atoms with van der Waals surface area (Å²) in [5.41, 5.74) is -2.76. The molecule has 2 aliphatic rings. The van der Waals surface area contributed by atoms with E-state index in [2.05, 4.69) is 0 Å². The summed E-state index contributed by atoms with van der Waals surface area (Å²) >= 11 is 0. The monoisotopic (exact) mass is 342 g/mol. The Hall–Kier alpha value is -2.51. The van der Waals surface area contributed by atoms with Crippen LogP contribution in [0.2, 0.25) is 0 Å². The van der Waals surface area contributed by atoms with Crippen molar-refractivity contribution in [2.24, 2.45) is 7.05 Å². The highest BCUT2D eigenvalue weighted by molar-refractivity contribution is 6.14. The molecule has 1 aliphatic heterocycles. The number of rotatable bonds is 0. The van der Waals surface area contributed by atoms with E-state index in [1.165, 1.54) is 30.7 Å². The van der Waals surface area contributed by atoms with Crippen LogP contribution in [-0.4, -0.2) is 25.1 Å². The second kappa shape index (κ2) is 4.36. The predicted octanol–water partition coefficient (Wildman–Crippen LogP) is 0.0128. The lowest BCUT2D eigenvalue weighted by molar-refractivity contribution is -0.0514. The maximum atomic E-state index is 13.2. The van der Waals surface area contributed by atoms with Crippen LogP contribution in [0.1, 0.15) is 51.8 Å². The molecule has 25 heavy (non-hydrogen) atoms. The summed E-state index contributed by atoms with van der Waals surface area (Å²) in [5.74, 6) is -0.355. The van der Waals surface area contributed by atoms with Gasteiger partial charge in [-0.25, -0.2) is 0 Å². The molecule has 130 valence electrons. The zero-order valence-corrected chi connectivity index (χ0v) is 14.4. The molecular weight excluding hydrogens is 324 g/mol. The third-order valence-corrected chi connectivity index (χ3v) is 5.36. The van der Waals surface area contributed by atoms with Crippen LogP contribution in [0, 0.1) is 13.8 Å². The van der Waals surface area contributed by atoms with Crippen molar-refractivity contribution in [2.45, 2.75) is 38.5 Å². The Morgan fingerprint density at radius 2 is 1.48 bits per heavy atom. The highest BCUT2D eigenvalue weighted by Gasteiger charge is 2.57. The van der Waals surface area contributed by atoms with Crippen molar-refractivity contribution in [1.29, 1.82) is 0 Å². The largest absolute Gasteiger partial charge is 0.377 e. The first-order valence-corrected chi connectivity index (χ1v) is 7.99. The fourth-order valence-corrected chi connectivity index (χ4v) is 4.45. The van der Waals surface area contributed by atoms with Gasteiger partial charge >= 0.3 is 0 Å². The van der Waals surface area contributed by atoms with E-state index in [1.54, 1.807) is 13.8 Å². The van der Waals surface area contributed by atoms with Crippen molar-refractivity contribution >= 4 is 5.78 Å². The van der Waals surface area contributed by atoms with Crippen molar-refractivity contribution in [3.63, 3.8) is 0 Å². The number of ketones is 1. The van der Waals surface area contributed by atoms with Gasteiger partial charge in [0.25, 0.3) is 11.1 Å². The molecular formula is C18H18N2O5. The summed E-state index contributed by atoms with van der Waals surface area (Å²) in [5, 5.41) is 22.3. The van der Waals surface area contributed by atoms with Crippen molar-refractivity contribution in [3.8, 4) is 0 Å². The molecule has 4 rings (SSSR count). The number of fused-ring (bicyclic) bond motifs is 2. The molecule has 0 amide bonds. The second-order valence-electron chi connectivity index (χ2n) is 7.26. The summed E-state index contributed by atoms with van der Waals surface area (Å²) in [4.78, 5) is 37.9. The Labute approximate surface area is 142 Å². The van der Waals surface area contributed by atoms with Crippen LogP contribution in [0.5, 0.6) is 0 Å². The van der Waals surface area contributed by atoms with Crippen LogP contribution in [0.3, 0.4) is 0 Å². The topological polar surface area (TPSA) is 102 Å². The molecule has 0 spiro atoms. The summed E-state index contributed by atoms with van der Waals surface area (Å²) in [7, 11) is 1.47. The van der Waals surface area contributed by atoms with Gasteiger partial charge in [0.15, 0.2) is 11.4 Å². The lowest BCUT2D eigenvalue weighted by Gasteiger charge is -2.34. The van der Waals surface area contributed by atoms with Crippen LogP contribution in [0.25, 0.3) is 0 Å².